The Morgan fingerprint density at radius 3 is 2.72 bits per heavy atom. The molecule has 0 saturated heterocycles. The Hall–Kier alpha value is -2.12. The van der Waals surface area contributed by atoms with Crippen LogP contribution in [0.2, 0.25) is 0 Å². The Balaban J connectivity index is 1.95. The molecule has 0 aliphatic heterocycles. The van der Waals surface area contributed by atoms with Gasteiger partial charge in [-0.2, -0.15) is 5.10 Å². The zero-order valence-electron chi connectivity index (χ0n) is 14.8. The van der Waals surface area contributed by atoms with Gasteiger partial charge in [0.05, 0.1) is 13.3 Å². The minimum atomic E-state index is -0.107. The summed E-state index contributed by atoms with van der Waals surface area (Å²) >= 11 is 6.84. The smallest absolute Gasteiger partial charge is 0.187 e. The van der Waals surface area contributed by atoms with Gasteiger partial charge in [-0.15, -0.1) is 11.3 Å². The monoisotopic (exact) mass is 377 g/mol. The number of hydrogen-bond donors (Lipinski definition) is 2. The topological polar surface area (TPSA) is 54.9 Å². The van der Waals surface area contributed by atoms with Crippen molar-refractivity contribution in [2.24, 2.45) is 5.10 Å². The fourth-order valence-electron chi connectivity index (χ4n) is 1.96. The van der Waals surface area contributed by atoms with Gasteiger partial charge in [-0.1, -0.05) is 6.07 Å². The highest BCUT2D eigenvalue weighted by Crippen LogP contribution is 2.28. The highest BCUT2D eigenvalue weighted by Gasteiger charge is 2.10. The summed E-state index contributed by atoms with van der Waals surface area (Å²) in [6.07, 6.45) is 1.68. The summed E-state index contributed by atoms with van der Waals surface area (Å²) in [6, 6.07) is 9.71. The molecule has 0 spiro atoms. The maximum absolute atomic E-state index is 5.82. The molecule has 0 atom stereocenters. The van der Waals surface area contributed by atoms with Crippen molar-refractivity contribution in [2.75, 3.05) is 7.11 Å². The third kappa shape index (κ3) is 6.72. The number of thiocarbonyl (C=S) groups is 1. The number of methoxy groups -OCH3 is 1. The second-order valence-electron chi connectivity index (χ2n) is 6.35. The minimum absolute atomic E-state index is 0.107. The molecule has 0 bridgehead atoms. The summed E-state index contributed by atoms with van der Waals surface area (Å²) in [6.45, 7) is 6.62. The van der Waals surface area contributed by atoms with Crippen LogP contribution in [0.25, 0.3) is 0 Å². The number of nitrogens with zero attached hydrogens (tertiary/aromatic N) is 1. The average molecular weight is 378 g/mol. The van der Waals surface area contributed by atoms with Gasteiger partial charge in [-0.05, 0) is 68.2 Å². The molecular weight excluding hydrogens is 354 g/mol. The Labute approximate surface area is 158 Å². The van der Waals surface area contributed by atoms with Crippen molar-refractivity contribution in [3.05, 3.63) is 46.2 Å². The van der Waals surface area contributed by atoms with Crippen LogP contribution >= 0.6 is 23.6 Å². The number of thiophene rings is 1. The van der Waals surface area contributed by atoms with Gasteiger partial charge in [0.15, 0.2) is 16.6 Å². The summed E-state index contributed by atoms with van der Waals surface area (Å²) < 4.78 is 11.2. The van der Waals surface area contributed by atoms with E-state index in [9.17, 15) is 0 Å². The summed E-state index contributed by atoms with van der Waals surface area (Å²) in [5.41, 5.74) is 3.58. The number of hydrazone groups is 1. The summed E-state index contributed by atoms with van der Waals surface area (Å²) in [7, 11) is 1.62. The van der Waals surface area contributed by atoms with Gasteiger partial charge in [0, 0.05) is 10.4 Å². The van der Waals surface area contributed by atoms with Crippen LogP contribution in [0.1, 0.15) is 31.2 Å². The third-order valence-corrected chi connectivity index (χ3v) is 4.05. The van der Waals surface area contributed by atoms with E-state index in [1.54, 1.807) is 24.7 Å². The van der Waals surface area contributed by atoms with Gasteiger partial charge >= 0.3 is 0 Å². The Kier molecular flexibility index (Phi) is 6.78. The predicted molar refractivity (Wildman–Crippen MR) is 108 cm³/mol. The lowest BCUT2D eigenvalue weighted by molar-refractivity contribution is 0.287. The molecule has 0 saturated carbocycles. The first kappa shape index (κ1) is 19.2. The van der Waals surface area contributed by atoms with Crippen LogP contribution < -0.4 is 20.2 Å². The highest BCUT2D eigenvalue weighted by molar-refractivity contribution is 7.80. The molecule has 1 aromatic carbocycles. The molecular formula is C18H23N3O2S2. The van der Waals surface area contributed by atoms with Gasteiger partial charge in [-0.3, -0.25) is 5.43 Å². The molecule has 1 aromatic heterocycles. The minimum Gasteiger partial charge on any atom is -0.493 e. The number of nitrogens with one attached hydrogen (secondary N) is 2. The van der Waals surface area contributed by atoms with Crippen molar-refractivity contribution in [1.29, 1.82) is 0 Å². The van der Waals surface area contributed by atoms with E-state index in [0.29, 0.717) is 23.2 Å². The molecule has 134 valence electrons. The summed E-state index contributed by atoms with van der Waals surface area (Å²) in [5, 5.41) is 9.78. The standard InChI is InChI=1S/C18H23N3O2S2/c1-18(2,3)20-17(24)21-19-11-13-7-8-15(16(10-13)22-4)23-12-14-6-5-9-25-14/h5-11H,12H2,1-4H3,(H2,20,21,24)/b19-11-. The molecule has 25 heavy (non-hydrogen) atoms. The van der Waals surface area contributed by atoms with Crippen molar-refractivity contribution < 1.29 is 9.47 Å². The van der Waals surface area contributed by atoms with Crippen LogP contribution in [0, 0.1) is 0 Å². The largest absolute Gasteiger partial charge is 0.493 e. The van der Waals surface area contributed by atoms with E-state index < -0.39 is 0 Å². The molecule has 5 nitrogen and oxygen atoms in total. The first-order chi connectivity index (χ1) is 11.9. The number of ether oxygens (including phenoxy) is 2. The van der Waals surface area contributed by atoms with Crippen molar-refractivity contribution in [3.63, 3.8) is 0 Å². The maximum atomic E-state index is 5.82. The fourth-order valence-corrected chi connectivity index (χ4v) is 2.94. The third-order valence-electron chi connectivity index (χ3n) is 3.01. The number of benzene rings is 1. The second-order valence-corrected chi connectivity index (χ2v) is 7.79. The molecule has 2 rings (SSSR count). The van der Waals surface area contributed by atoms with E-state index in [-0.39, 0.29) is 5.54 Å². The van der Waals surface area contributed by atoms with Crippen LogP contribution in [0.4, 0.5) is 0 Å². The Bertz CT molecular complexity index is 722. The first-order valence-electron chi connectivity index (χ1n) is 7.82. The molecule has 0 aliphatic carbocycles. The van der Waals surface area contributed by atoms with E-state index in [1.807, 2.05) is 56.5 Å². The van der Waals surface area contributed by atoms with Gasteiger partial charge in [0.25, 0.3) is 0 Å². The summed E-state index contributed by atoms with van der Waals surface area (Å²) in [4.78, 5) is 1.16. The lowest BCUT2D eigenvalue weighted by atomic mass is 10.1. The number of rotatable bonds is 6. The average Bonchev–Trinajstić information content (AvgIpc) is 3.05. The SMILES string of the molecule is COc1cc(/C=N\NC(=S)NC(C)(C)C)ccc1OCc1cccs1. The van der Waals surface area contributed by atoms with Crippen molar-refractivity contribution in [1.82, 2.24) is 10.7 Å². The van der Waals surface area contributed by atoms with Crippen molar-refractivity contribution in [2.45, 2.75) is 32.9 Å². The van der Waals surface area contributed by atoms with Crippen LogP contribution in [0.5, 0.6) is 11.5 Å². The van der Waals surface area contributed by atoms with Crippen LogP contribution in [-0.2, 0) is 6.61 Å². The Morgan fingerprint density at radius 2 is 2.08 bits per heavy atom. The van der Waals surface area contributed by atoms with Gasteiger partial charge in [0.1, 0.15) is 6.61 Å². The van der Waals surface area contributed by atoms with Crippen molar-refractivity contribution >= 4 is 34.9 Å². The number of hydrogen-bond acceptors (Lipinski definition) is 5. The zero-order chi connectivity index (χ0) is 18.3. The van der Waals surface area contributed by atoms with Crippen molar-refractivity contribution in [3.8, 4) is 11.5 Å². The van der Waals surface area contributed by atoms with E-state index in [2.05, 4.69) is 15.8 Å². The van der Waals surface area contributed by atoms with Crippen LogP contribution in [-0.4, -0.2) is 24.0 Å². The second kappa shape index (κ2) is 8.82. The molecule has 1 heterocycles. The highest BCUT2D eigenvalue weighted by atomic mass is 32.1. The van der Waals surface area contributed by atoms with E-state index >= 15 is 0 Å². The Morgan fingerprint density at radius 1 is 1.28 bits per heavy atom. The van der Waals surface area contributed by atoms with E-state index in [0.717, 1.165) is 10.4 Å². The van der Waals surface area contributed by atoms with E-state index in [1.165, 1.54) is 0 Å². The van der Waals surface area contributed by atoms with Gasteiger partial charge in [-0.25, -0.2) is 0 Å². The van der Waals surface area contributed by atoms with E-state index in [4.69, 9.17) is 21.7 Å². The molecule has 0 unspecified atom stereocenters. The molecule has 0 fully saturated rings. The molecule has 2 aromatic rings. The molecule has 0 radical (unpaired) electrons. The van der Waals surface area contributed by atoms with Crippen LogP contribution in [0.15, 0.2) is 40.8 Å². The molecule has 2 N–H and O–H groups in total. The maximum Gasteiger partial charge on any atom is 0.187 e. The fraction of sp³-hybridized carbons (Fsp3) is 0.333. The quantitative estimate of drug-likeness (QED) is 0.454. The normalized spacial score (nSPS) is 11.4. The van der Waals surface area contributed by atoms with Crippen LogP contribution in [0.3, 0.4) is 0 Å². The molecule has 7 heteroatoms. The van der Waals surface area contributed by atoms with Gasteiger partial charge < -0.3 is 14.8 Å². The molecule has 0 aliphatic rings. The lowest BCUT2D eigenvalue weighted by Gasteiger charge is -2.21. The predicted octanol–water partition coefficient (Wildman–Crippen LogP) is 3.93. The first-order valence-corrected chi connectivity index (χ1v) is 9.10. The zero-order valence-corrected chi connectivity index (χ0v) is 16.5. The summed E-state index contributed by atoms with van der Waals surface area (Å²) in [5.74, 6) is 1.36. The molecule has 0 amide bonds. The lowest BCUT2D eigenvalue weighted by Crippen LogP contribution is -2.44. The van der Waals surface area contributed by atoms with Gasteiger partial charge in [0.2, 0.25) is 0 Å².